The molecule has 4 aromatic rings. The van der Waals surface area contributed by atoms with E-state index in [9.17, 15) is 14.4 Å². The fourth-order valence-electron chi connectivity index (χ4n) is 4.03. The van der Waals surface area contributed by atoms with Crippen molar-refractivity contribution in [1.82, 2.24) is 19.3 Å². The van der Waals surface area contributed by atoms with Crippen molar-refractivity contribution in [3.05, 3.63) is 74.5 Å². The van der Waals surface area contributed by atoms with Crippen molar-refractivity contribution >= 4 is 22.5 Å². The Bertz CT molecular complexity index is 1550. The third-order valence-electron chi connectivity index (χ3n) is 5.78. The van der Waals surface area contributed by atoms with E-state index in [4.69, 9.17) is 14.0 Å². The van der Waals surface area contributed by atoms with Crippen molar-refractivity contribution < 1.29 is 18.8 Å². The molecule has 0 aliphatic carbocycles. The number of ether oxygens (including phenoxy) is 2. The van der Waals surface area contributed by atoms with Crippen LogP contribution in [0.1, 0.15) is 23.7 Å². The van der Waals surface area contributed by atoms with E-state index < -0.39 is 17.2 Å². The molecular weight excluding hydrogens is 454 g/mol. The van der Waals surface area contributed by atoms with Gasteiger partial charge in [-0.25, -0.2) is 4.79 Å². The topological polar surface area (TPSA) is 130 Å². The number of rotatable bonds is 7. The molecule has 0 saturated heterocycles. The molecule has 1 N–H and O–H groups in total. The van der Waals surface area contributed by atoms with Gasteiger partial charge in [-0.2, -0.15) is 4.98 Å². The summed E-state index contributed by atoms with van der Waals surface area (Å²) in [7, 11) is 0. The Hall–Kier alpha value is -4.41. The van der Waals surface area contributed by atoms with Crippen LogP contribution < -0.4 is 26.0 Å². The maximum Gasteiger partial charge on any atom is 0.331 e. The van der Waals surface area contributed by atoms with Crippen molar-refractivity contribution in [3.63, 3.8) is 0 Å². The highest BCUT2D eigenvalue weighted by atomic mass is 16.7. The van der Waals surface area contributed by atoms with Crippen LogP contribution in [0, 0.1) is 13.8 Å². The van der Waals surface area contributed by atoms with E-state index in [0.717, 1.165) is 10.1 Å². The number of hydrogen-bond acceptors (Lipinski definition) is 8. The third kappa shape index (κ3) is 4.39. The first-order chi connectivity index (χ1) is 16.9. The van der Waals surface area contributed by atoms with E-state index in [1.807, 2.05) is 25.1 Å². The molecule has 0 atom stereocenters. The van der Waals surface area contributed by atoms with Crippen LogP contribution in [0.3, 0.4) is 0 Å². The number of fused-ring (bicyclic) bond motifs is 2. The maximum absolute atomic E-state index is 13.4. The Kier molecular flexibility index (Phi) is 5.81. The Labute approximate surface area is 198 Å². The Morgan fingerprint density at radius 1 is 1.09 bits per heavy atom. The predicted octanol–water partition coefficient (Wildman–Crippen LogP) is 2.16. The Balaban J connectivity index is 1.51. The van der Waals surface area contributed by atoms with Crippen molar-refractivity contribution in [2.75, 3.05) is 12.1 Å². The van der Waals surface area contributed by atoms with E-state index in [-0.39, 0.29) is 25.3 Å². The molecule has 0 radical (unpaired) electrons. The third-order valence-corrected chi connectivity index (χ3v) is 5.78. The average Bonchev–Trinajstić information content (AvgIpc) is 3.47. The molecule has 0 saturated carbocycles. The van der Waals surface area contributed by atoms with E-state index in [2.05, 4.69) is 15.5 Å². The fourth-order valence-corrected chi connectivity index (χ4v) is 4.03. The lowest BCUT2D eigenvalue weighted by molar-refractivity contribution is -0.116. The largest absolute Gasteiger partial charge is 0.454 e. The van der Waals surface area contributed by atoms with Crippen LogP contribution in [-0.4, -0.2) is 32.0 Å². The van der Waals surface area contributed by atoms with E-state index in [1.165, 1.54) is 4.57 Å². The van der Waals surface area contributed by atoms with Crippen LogP contribution in [0.4, 0.5) is 5.69 Å². The second-order valence-corrected chi connectivity index (χ2v) is 8.25. The first-order valence-corrected chi connectivity index (χ1v) is 11.1. The zero-order valence-electron chi connectivity index (χ0n) is 19.2. The number of carbonyl (C=O) groups excluding carboxylic acids is 1. The molecule has 11 heteroatoms. The molecule has 0 spiro atoms. The van der Waals surface area contributed by atoms with Gasteiger partial charge in [-0.15, -0.1) is 0 Å². The lowest BCUT2D eigenvalue weighted by Crippen LogP contribution is -2.42. The van der Waals surface area contributed by atoms with Crippen LogP contribution in [0.5, 0.6) is 11.5 Å². The minimum Gasteiger partial charge on any atom is -0.454 e. The summed E-state index contributed by atoms with van der Waals surface area (Å²) in [5, 5.41) is 6.84. The minimum atomic E-state index is -0.594. The summed E-state index contributed by atoms with van der Waals surface area (Å²) < 4.78 is 18.4. The standard InChI is InChI=1S/C24H23N5O6/c1-14-6-3-4-7-17(14)26-21(30)12-29-18-11-20-19(33-13-34-20)10-16(18)23(31)28(24(29)32)9-5-8-22-25-15(2)27-35-22/h3-4,6-7,10-11H,5,8-9,12-13H2,1-2H3,(H,26,30). The molecule has 2 aromatic carbocycles. The van der Waals surface area contributed by atoms with E-state index >= 15 is 0 Å². The number of amides is 1. The SMILES string of the molecule is Cc1noc(CCCn2c(=O)c3cc4c(cc3n(CC(=O)Nc3ccccc3C)c2=O)OCO4)n1. The molecule has 180 valence electrons. The van der Waals surface area contributed by atoms with E-state index in [0.29, 0.717) is 47.3 Å². The van der Waals surface area contributed by atoms with Gasteiger partial charge in [0.15, 0.2) is 17.3 Å². The number of aromatic nitrogens is 4. The quantitative estimate of drug-likeness (QED) is 0.429. The number of aryl methyl sites for hydroxylation is 3. The molecule has 1 aliphatic rings. The van der Waals surface area contributed by atoms with Gasteiger partial charge < -0.3 is 19.3 Å². The van der Waals surface area contributed by atoms with E-state index in [1.54, 1.807) is 25.1 Å². The number of nitrogens with zero attached hydrogens (tertiary/aromatic N) is 4. The minimum absolute atomic E-state index is 0.0153. The molecule has 1 aliphatic heterocycles. The highest BCUT2D eigenvalue weighted by molar-refractivity contribution is 5.92. The van der Waals surface area contributed by atoms with Gasteiger partial charge >= 0.3 is 5.69 Å². The number of nitrogens with one attached hydrogen (secondary N) is 1. The summed E-state index contributed by atoms with van der Waals surface area (Å²) in [6.07, 6.45) is 0.821. The van der Waals surface area contributed by atoms with Gasteiger partial charge in [0.2, 0.25) is 18.6 Å². The maximum atomic E-state index is 13.4. The molecule has 0 fully saturated rings. The second kappa shape index (κ2) is 9.09. The number of benzene rings is 2. The normalized spacial score (nSPS) is 12.3. The van der Waals surface area contributed by atoms with Crippen LogP contribution >= 0.6 is 0 Å². The number of hydrogen-bond donors (Lipinski definition) is 1. The zero-order chi connectivity index (χ0) is 24.5. The molecule has 35 heavy (non-hydrogen) atoms. The number of carbonyl (C=O) groups is 1. The predicted molar refractivity (Wildman–Crippen MR) is 126 cm³/mol. The van der Waals surface area contributed by atoms with Crippen LogP contribution in [0.25, 0.3) is 10.9 Å². The highest BCUT2D eigenvalue weighted by Gasteiger charge is 2.21. The lowest BCUT2D eigenvalue weighted by atomic mass is 10.2. The van der Waals surface area contributed by atoms with Gasteiger partial charge in [-0.3, -0.25) is 18.7 Å². The molecule has 0 unspecified atom stereocenters. The summed E-state index contributed by atoms with van der Waals surface area (Å²) in [4.78, 5) is 43.8. The smallest absolute Gasteiger partial charge is 0.331 e. The summed E-state index contributed by atoms with van der Waals surface area (Å²) >= 11 is 0. The monoisotopic (exact) mass is 477 g/mol. The number of para-hydroxylation sites is 1. The van der Waals surface area contributed by atoms with Gasteiger partial charge in [0, 0.05) is 24.7 Å². The van der Waals surface area contributed by atoms with Gasteiger partial charge in [-0.05, 0) is 38.0 Å². The Morgan fingerprint density at radius 2 is 1.86 bits per heavy atom. The Morgan fingerprint density at radius 3 is 2.60 bits per heavy atom. The van der Waals surface area contributed by atoms with Crippen LogP contribution in [0.2, 0.25) is 0 Å². The van der Waals surface area contributed by atoms with Gasteiger partial charge in [-0.1, -0.05) is 23.4 Å². The molecule has 1 amide bonds. The molecule has 2 aromatic heterocycles. The zero-order valence-corrected chi connectivity index (χ0v) is 19.2. The highest BCUT2D eigenvalue weighted by Crippen LogP contribution is 2.34. The first-order valence-electron chi connectivity index (χ1n) is 11.1. The number of anilines is 1. The summed E-state index contributed by atoms with van der Waals surface area (Å²) in [5.41, 5.74) is 0.773. The molecule has 5 rings (SSSR count). The summed E-state index contributed by atoms with van der Waals surface area (Å²) in [6, 6.07) is 10.5. The molecular formula is C24H23N5O6. The van der Waals surface area contributed by atoms with Gasteiger partial charge in [0.25, 0.3) is 5.56 Å². The van der Waals surface area contributed by atoms with Crippen LogP contribution in [-0.2, 0) is 24.3 Å². The van der Waals surface area contributed by atoms with Crippen molar-refractivity contribution in [1.29, 1.82) is 0 Å². The second-order valence-electron chi connectivity index (χ2n) is 8.25. The van der Waals surface area contributed by atoms with Crippen molar-refractivity contribution in [3.8, 4) is 11.5 Å². The molecule has 11 nitrogen and oxygen atoms in total. The average molecular weight is 477 g/mol. The summed E-state index contributed by atoms with van der Waals surface area (Å²) in [5.74, 6) is 1.37. The van der Waals surface area contributed by atoms with Crippen molar-refractivity contribution in [2.45, 2.75) is 39.8 Å². The van der Waals surface area contributed by atoms with Crippen LogP contribution in [0.15, 0.2) is 50.5 Å². The molecule has 0 bridgehead atoms. The fraction of sp³-hybridized carbons (Fsp3) is 0.292. The van der Waals surface area contributed by atoms with Crippen molar-refractivity contribution in [2.24, 2.45) is 0 Å². The van der Waals surface area contributed by atoms with Gasteiger partial charge in [0.05, 0.1) is 10.9 Å². The first kappa shape index (κ1) is 22.4. The summed E-state index contributed by atoms with van der Waals surface area (Å²) in [6.45, 7) is 3.44. The van der Waals surface area contributed by atoms with Gasteiger partial charge in [0.1, 0.15) is 6.54 Å². The molecule has 3 heterocycles. The lowest BCUT2D eigenvalue weighted by Gasteiger charge is -2.15.